The fourth-order valence-electron chi connectivity index (χ4n) is 3.26. The lowest BCUT2D eigenvalue weighted by atomic mass is 9.77. The molecule has 1 aromatic carbocycles. The van der Waals surface area contributed by atoms with E-state index in [4.69, 9.17) is 0 Å². The first-order valence-electron chi connectivity index (χ1n) is 7.33. The zero-order chi connectivity index (χ0) is 15.5. The van der Waals surface area contributed by atoms with Crippen molar-refractivity contribution in [3.8, 4) is 0 Å². The highest BCUT2D eigenvalue weighted by Crippen LogP contribution is 2.35. The summed E-state index contributed by atoms with van der Waals surface area (Å²) in [5, 5.41) is 9.15. The van der Waals surface area contributed by atoms with Crippen molar-refractivity contribution < 1.29 is 18.3 Å². The molecular weight excluding hydrogens is 288 g/mol. The van der Waals surface area contributed by atoms with Crippen LogP contribution in [0.3, 0.4) is 0 Å². The van der Waals surface area contributed by atoms with Crippen molar-refractivity contribution in [2.75, 3.05) is 6.26 Å². The molecule has 0 saturated heterocycles. The van der Waals surface area contributed by atoms with Crippen LogP contribution in [-0.2, 0) is 21.1 Å². The third kappa shape index (κ3) is 4.30. The van der Waals surface area contributed by atoms with Crippen molar-refractivity contribution in [2.24, 2.45) is 11.8 Å². The molecule has 21 heavy (non-hydrogen) atoms. The lowest BCUT2D eigenvalue weighted by Crippen LogP contribution is -2.34. The number of sulfone groups is 1. The van der Waals surface area contributed by atoms with Gasteiger partial charge in [-0.05, 0) is 37.2 Å². The lowest BCUT2D eigenvalue weighted by molar-refractivity contribution is -0.144. The minimum atomic E-state index is -3.08. The second-order valence-corrected chi connectivity index (χ2v) is 8.34. The van der Waals surface area contributed by atoms with Gasteiger partial charge in [-0.25, -0.2) is 8.42 Å². The molecule has 0 amide bonds. The number of rotatable bonds is 5. The smallest absolute Gasteiger partial charge is 0.307 e. The maximum absolute atomic E-state index is 11.7. The minimum Gasteiger partial charge on any atom is -0.481 e. The van der Waals surface area contributed by atoms with E-state index in [0.29, 0.717) is 19.3 Å². The van der Waals surface area contributed by atoms with Gasteiger partial charge in [0.25, 0.3) is 0 Å². The Bertz CT molecular complexity index is 580. The summed E-state index contributed by atoms with van der Waals surface area (Å²) >= 11 is 0. The molecule has 0 radical (unpaired) electrons. The number of carbonyl (C=O) groups is 1. The zero-order valence-corrected chi connectivity index (χ0v) is 13.1. The van der Waals surface area contributed by atoms with E-state index < -0.39 is 21.7 Å². The molecule has 1 fully saturated rings. The average molecular weight is 310 g/mol. The molecule has 1 aromatic rings. The topological polar surface area (TPSA) is 71.4 Å². The van der Waals surface area contributed by atoms with Crippen molar-refractivity contribution in [2.45, 2.75) is 37.4 Å². The van der Waals surface area contributed by atoms with Gasteiger partial charge in [0.15, 0.2) is 0 Å². The van der Waals surface area contributed by atoms with Crippen molar-refractivity contribution in [1.82, 2.24) is 0 Å². The van der Waals surface area contributed by atoms with Crippen LogP contribution in [0.5, 0.6) is 0 Å². The number of carboxylic acids is 1. The summed E-state index contributed by atoms with van der Waals surface area (Å²) in [6.45, 7) is 0. The molecule has 1 N–H and O–H groups in total. The van der Waals surface area contributed by atoms with Crippen molar-refractivity contribution in [1.29, 1.82) is 0 Å². The Labute approximate surface area is 126 Å². The summed E-state index contributed by atoms with van der Waals surface area (Å²) < 4.78 is 23.5. The van der Waals surface area contributed by atoms with Crippen LogP contribution in [0.4, 0.5) is 0 Å². The molecule has 1 aliphatic rings. The molecule has 3 atom stereocenters. The van der Waals surface area contributed by atoms with Crippen LogP contribution >= 0.6 is 0 Å². The minimum absolute atomic E-state index is 0.0591. The molecule has 2 rings (SSSR count). The summed E-state index contributed by atoms with van der Waals surface area (Å²) in [5.41, 5.74) is 0.992. The van der Waals surface area contributed by atoms with E-state index in [1.165, 1.54) is 6.26 Å². The van der Waals surface area contributed by atoms with E-state index in [1.807, 2.05) is 30.3 Å². The Morgan fingerprint density at radius 3 is 2.52 bits per heavy atom. The zero-order valence-electron chi connectivity index (χ0n) is 12.2. The standard InChI is InChI=1S/C16H22O4S/c1-21(19,20)14-9-5-8-13(11-14)15(16(17)18)10-12-6-3-2-4-7-12/h2-4,6-7,13-15H,5,8-11H2,1H3,(H,17,18). The van der Waals surface area contributed by atoms with E-state index in [-0.39, 0.29) is 11.2 Å². The summed E-state index contributed by atoms with van der Waals surface area (Å²) in [6.07, 6.45) is 4.46. The Hall–Kier alpha value is -1.36. The van der Waals surface area contributed by atoms with Gasteiger partial charge < -0.3 is 5.11 Å². The summed E-state index contributed by atoms with van der Waals surface area (Å²) in [4.78, 5) is 11.6. The fourth-order valence-corrected chi connectivity index (χ4v) is 4.45. The molecule has 1 saturated carbocycles. The maximum atomic E-state index is 11.7. The largest absolute Gasteiger partial charge is 0.481 e. The first-order valence-corrected chi connectivity index (χ1v) is 9.29. The lowest BCUT2D eigenvalue weighted by Gasteiger charge is -2.32. The summed E-state index contributed by atoms with van der Waals surface area (Å²) in [5.74, 6) is -1.38. The molecule has 0 spiro atoms. The van der Waals surface area contributed by atoms with Gasteiger partial charge in [0.2, 0.25) is 0 Å². The number of benzene rings is 1. The van der Waals surface area contributed by atoms with Crippen LogP contribution in [0.15, 0.2) is 30.3 Å². The predicted octanol–water partition coefficient (Wildman–Crippen LogP) is 2.53. The second kappa shape index (κ2) is 6.60. The molecule has 5 heteroatoms. The number of carboxylic acid groups (broad SMARTS) is 1. The predicted molar refractivity (Wildman–Crippen MR) is 81.9 cm³/mol. The molecular formula is C16H22O4S. The molecule has 116 valence electrons. The second-order valence-electron chi connectivity index (χ2n) is 6.01. The molecule has 0 heterocycles. The maximum Gasteiger partial charge on any atom is 0.307 e. The highest BCUT2D eigenvalue weighted by Gasteiger charge is 2.36. The third-order valence-electron chi connectivity index (χ3n) is 4.46. The Balaban J connectivity index is 2.13. The Morgan fingerprint density at radius 1 is 1.29 bits per heavy atom. The van der Waals surface area contributed by atoms with E-state index in [9.17, 15) is 18.3 Å². The van der Waals surface area contributed by atoms with Gasteiger partial charge in [-0.15, -0.1) is 0 Å². The third-order valence-corrected chi connectivity index (χ3v) is 6.10. The number of hydrogen-bond donors (Lipinski definition) is 1. The van der Waals surface area contributed by atoms with Gasteiger partial charge in [0.1, 0.15) is 9.84 Å². The van der Waals surface area contributed by atoms with Gasteiger partial charge in [-0.1, -0.05) is 36.8 Å². The first-order chi connectivity index (χ1) is 9.88. The van der Waals surface area contributed by atoms with Crippen molar-refractivity contribution >= 4 is 15.8 Å². The van der Waals surface area contributed by atoms with Gasteiger partial charge in [0.05, 0.1) is 11.2 Å². The van der Waals surface area contributed by atoms with Crippen LogP contribution in [0.25, 0.3) is 0 Å². The van der Waals surface area contributed by atoms with E-state index >= 15 is 0 Å². The van der Waals surface area contributed by atoms with Crippen LogP contribution in [-0.4, -0.2) is 31.0 Å². The van der Waals surface area contributed by atoms with Crippen LogP contribution in [0.2, 0.25) is 0 Å². The molecule has 0 bridgehead atoms. The molecule has 4 nitrogen and oxygen atoms in total. The SMILES string of the molecule is CS(=O)(=O)C1CCCC(C(Cc2ccccc2)C(=O)O)C1. The Kier molecular flexibility index (Phi) is 5.04. The number of aliphatic carboxylic acids is 1. The first kappa shape index (κ1) is 16.0. The van der Waals surface area contributed by atoms with Gasteiger partial charge >= 0.3 is 5.97 Å². The molecule has 0 aliphatic heterocycles. The van der Waals surface area contributed by atoms with Gasteiger partial charge in [0, 0.05) is 6.26 Å². The average Bonchev–Trinajstić information content (AvgIpc) is 2.45. The monoisotopic (exact) mass is 310 g/mol. The Morgan fingerprint density at radius 2 is 1.95 bits per heavy atom. The van der Waals surface area contributed by atoms with Gasteiger partial charge in [-0.2, -0.15) is 0 Å². The molecule has 0 aromatic heterocycles. The van der Waals surface area contributed by atoms with E-state index in [0.717, 1.165) is 18.4 Å². The van der Waals surface area contributed by atoms with Gasteiger partial charge in [-0.3, -0.25) is 4.79 Å². The fraction of sp³-hybridized carbons (Fsp3) is 0.562. The summed E-state index contributed by atoms with van der Waals surface area (Å²) in [6, 6.07) is 9.54. The normalized spacial score (nSPS) is 24.4. The quantitative estimate of drug-likeness (QED) is 0.907. The highest BCUT2D eigenvalue weighted by atomic mass is 32.2. The van der Waals surface area contributed by atoms with Crippen LogP contribution in [0.1, 0.15) is 31.2 Å². The molecule has 1 aliphatic carbocycles. The van der Waals surface area contributed by atoms with E-state index in [2.05, 4.69) is 0 Å². The highest BCUT2D eigenvalue weighted by molar-refractivity contribution is 7.91. The van der Waals surface area contributed by atoms with E-state index in [1.54, 1.807) is 0 Å². The molecule has 3 unspecified atom stereocenters. The van der Waals surface area contributed by atoms with Crippen molar-refractivity contribution in [3.63, 3.8) is 0 Å². The van der Waals surface area contributed by atoms with Crippen LogP contribution < -0.4 is 0 Å². The van der Waals surface area contributed by atoms with Crippen LogP contribution in [0, 0.1) is 11.8 Å². The number of hydrogen-bond acceptors (Lipinski definition) is 3. The summed E-state index contributed by atoms with van der Waals surface area (Å²) in [7, 11) is -3.08. The van der Waals surface area contributed by atoms with Crippen molar-refractivity contribution in [3.05, 3.63) is 35.9 Å².